The summed E-state index contributed by atoms with van der Waals surface area (Å²) in [7, 11) is 1.62. The van der Waals surface area contributed by atoms with Crippen molar-refractivity contribution in [2.24, 2.45) is 0 Å². The second kappa shape index (κ2) is 12.0. The van der Waals surface area contributed by atoms with E-state index in [0.29, 0.717) is 12.2 Å². The van der Waals surface area contributed by atoms with Crippen molar-refractivity contribution in [1.82, 2.24) is 10.3 Å². The summed E-state index contributed by atoms with van der Waals surface area (Å²) in [6, 6.07) is 13.3. The number of amides is 1. The second-order valence-electron chi connectivity index (χ2n) is 7.83. The van der Waals surface area contributed by atoms with E-state index in [1.54, 1.807) is 30.5 Å². The third kappa shape index (κ3) is 5.78. The zero-order valence-electron chi connectivity index (χ0n) is 19.8. The number of fused-ring (bicyclic) bond motifs is 1. The normalized spacial score (nSPS) is 16.1. The number of benzene rings is 2. The number of nitrogens with one attached hydrogen (secondary N) is 1. The molecule has 9 heteroatoms. The number of ether oxygens (including phenoxy) is 3. The van der Waals surface area contributed by atoms with E-state index in [4.69, 9.17) is 19.2 Å². The fourth-order valence-corrected chi connectivity index (χ4v) is 5.08. The number of rotatable bonds is 5. The first-order valence-corrected chi connectivity index (χ1v) is 12.5. The van der Waals surface area contributed by atoms with Crippen LogP contribution in [0.1, 0.15) is 17.3 Å². The lowest BCUT2D eigenvalue weighted by Gasteiger charge is -2.29. The highest BCUT2D eigenvalue weighted by molar-refractivity contribution is 7.22. The predicted octanol–water partition coefficient (Wildman–Crippen LogP) is 3.41. The molecule has 2 aromatic carbocycles. The van der Waals surface area contributed by atoms with Gasteiger partial charge in [-0.15, -0.1) is 0 Å². The molecule has 0 radical (unpaired) electrons. The largest absolute Gasteiger partial charge is 0.492 e. The first kappa shape index (κ1) is 24.3. The van der Waals surface area contributed by atoms with Crippen molar-refractivity contribution < 1.29 is 19.0 Å². The highest BCUT2D eigenvalue weighted by Crippen LogP contribution is 2.41. The van der Waals surface area contributed by atoms with Crippen LogP contribution in [0.15, 0.2) is 42.5 Å². The maximum absolute atomic E-state index is 10.9. The highest BCUT2D eigenvalue weighted by Gasteiger charge is 2.22. The highest BCUT2D eigenvalue weighted by atomic mass is 32.1. The number of anilines is 2. The number of morpholine rings is 2. The lowest BCUT2D eigenvalue weighted by atomic mass is 10.2. The van der Waals surface area contributed by atoms with Crippen LogP contribution < -0.4 is 19.9 Å². The molecule has 0 bridgehead atoms. The summed E-state index contributed by atoms with van der Waals surface area (Å²) in [5, 5.41) is 3.61. The van der Waals surface area contributed by atoms with Gasteiger partial charge in [0.1, 0.15) is 11.3 Å². The van der Waals surface area contributed by atoms with Crippen LogP contribution in [0.2, 0.25) is 0 Å². The van der Waals surface area contributed by atoms with E-state index in [0.717, 1.165) is 69.0 Å². The zero-order chi connectivity index (χ0) is 23.8. The van der Waals surface area contributed by atoms with Crippen molar-refractivity contribution in [3.63, 3.8) is 0 Å². The molecule has 2 aliphatic rings. The molecule has 1 N–H and O–H groups in total. The van der Waals surface area contributed by atoms with Gasteiger partial charge in [0, 0.05) is 38.8 Å². The zero-order valence-corrected chi connectivity index (χ0v) is 20.6. The smallest absolute Gasteiger partial charge is 0.251 e. The average Bonchev–Trinajstić information content (AvgIpc) is 3.36. The summed E-state index contributed by atoms with van der Waals surface area (Å²) in [6.45, 7) is 9.41. The van der Waals surface area contributed by atoms with Gasteiger partial charge in [-0.05, 0) is 31.2 Å². The summed E-state index contributed by atoms with van der Waals surface area (Å²) in [5.74, 6) is 0.834. The van der Waals surface area contributed by atoms with E-state index in [1.165, 1.54) is 10.4 Å². The van der Waals surface area contributed by atoms with Crippen LogP contribution in [0.3, 0.4) is 0 Å². The number of aromatic nitrogens is 1. The number of carbonyl (C=O) groups is 1. The Kier molecular flexibility index (Phi) is 8.56. The van der Waals surface area contributed by atoms with Crippen LogP contribution in [-0.4, -0.2) is 77.2 Å². The van der Waals surface area contributed by atoms with Crippen LogP contribution in [0.4, 0.5) is 10.8 Å². The summed E-state index contributed by atoms with van der Waals surface area (Å²) in [4.78, 5) is 20.5. The first-order chi connectivity index (χ1) is 16.7. The number of carbonyl (C=O) groups excluding carboxylic acids is 1. The van der Waals surface area contributed by atoms with E-state index in [1.807, 2.05) is 25.1 Å². The second-order valence-corrected chi connectivity index (χ2v) is 8.81. The SMILES string of the molecule is CCOc1ccc(N2CCOCC2)c2sc(N3CCOCC3)nc12.CNC(=O)c1ccccc1. The Balaban J connectivity index is 0.000000231. The maximum atomic E-state index is 10.9. The minimum absolute atomic E-state index is 0.0411. The quantitative estimate of drug-likeness (QED) is 0.595. The van der Waals surface area contributed by atoms with Crippen LogP contribution in [0.25, 0.3) is 10.2 Å². The molecule has 2 aliphatic heterocycles. The molecule has 2 saturated heterocycles. The van der Waals surface area contributed by atoms with Crippen molar-refractivity contribution >= 4 is 38.3 Å². The number of thiazole rings is 1. The predicted molar refractivity (Wildman–Crippen MR) is 137 cm³/mol. The fraction of sp³-hybridized carbons (Fsp3) is 0.440. The monoisotopic (exact) mass is 484 g/mol. The molecule has 5 rings (SSSR count). The van der Waals surface area contributed by atoms with Gasteiger partial charge in [-0.1, -0.05) is 29.5 Å². The number of hydrogen-bond acceptors (Lipinski definition) is 8. The molecule has 0 saturated carbocycles. The van der Waals surface area contributed by atoms with Crippen LogP contribution in [-0.2, 0) is 9.47 Å². The van der Waals surface area contributed by atoms with Crippen molar-refractivity contribution in [1.29, 1.82) is 0 Å². The molecule has 34 heavy (non-hydrogen) atoms. The van der Waals surface area contributed by atoms with Crippen molar-refractivity contribution in [3.05, 3.63) is 48.0 Å². The van der Waals surface area contributed by atoms with Gasteiger partial charge in [0.25, 0.3) is 5.91 Å². The Morgan fingerprint density at radius 2 is 1.65 bits per heavy atom. The van der Waals surface area contributed by atoms with E-state index < -0.39 is 0 Å². The Morgan fingerprint density at radius 1 is 1.00 bits per heavy atom. The lowest BCUT2D eigenvalue weighted by Crippen LogP contribution is -2.36. The van der Waals surface area contributed by atoms with Gasteiger partial charge >= 0.3 is 0 Å². The van der Waals surface area contributed by atoms with Crippen molar-refractivity contribution in [2.45, 2.75) is 6.92 Å². The Labute approximate surface area is 204 Å². The van der Waals surface area contributed by atoms with Gasteiger partial charge in [-0.3, -0.25) is 4.79 Å². The van der Waals surface area contributed by atoms with Crippen LogP contribution in [0.5, 0.6) is 5.75 Å². The van der Waals surface area contributed by atoms with Crippen LogP contribution >= 0.6 is 11.3 Å². The third-order valence-electron chi connectivity index (χ3n) is 5.67. The molecule has 3 aromatic rings. The van der Waals surface area contributed by atoms with E-state index in [9.17, 15) is 4.79 Å². The Hall–Kier alpha value is -2.88. The molecule has 0 spiro atoms. The van der Waals surface area contributed by atoms with Gasteiger partial charge in [0.05, 0.1) is 43.4 Å². The molecule has 2 fully saturated rings. The lowest BCUT2D eigenvalue weighted by molar-refractivity contribution is 0.0963. The molecule has 1 aromatic heterocycles. The van der Waals surface area contributed by atoms with Crippen LogP contribution in [0, 0.1) is 0 Å². The van der Waals surface area contributed by atoms with Gasteiger partial charge in [-0.2, -0.15) is 0 Å². The average molecular weight is 485 g/mol. The van der Waals surface area contributed by atoms with E-state index in [-0.39, 0.29) is 5.91 Å². The molecule has 1 amide bonds. The number of hydrogen-bond donors (Lipinski definition) is 1. The van der Waals surface area contributed by atoms with E-state index >= 15 is 0 Å². The molecular weight excluding hydrogens is 452 g/mol. The minimum Gasteiger partial charge on any atom is -0.492 e. The molecule has 0 atom stereocenters. The van der Waals surface area contributed by atoms with Gasteiger partial charge in [-0.25, -0.2) is 4.98 Å². The Morgan fingerprint density at radius 3 is 2.26 bits per heavy atom. The molecule has 3 heterocycles. The Bertz CT molecular complexity index is 1060. The first-order valence-electron chi connectivity index (χ1n) is 11.7. The maximum Gasteiger partial charge on any atom is 0.251 e. The molecular formula is C25H32N4O4S. The van der Waals surface area contributed by atoms with E-state index in [2.05, 4.69) is 27.2 Å². The minimum atomic E-state index is -0.0411. The molecule has 182 valence electrons. The molecule has 8 nitrogen and oxygen atoms in total. The topological polar surface area (TPSA) is 76.2 Å². The van der Waals surface area contributed by atoms with Crippen molar-refractivity contribution in [3.8, 4) is 5.75 Å². The fourth-order valence-electron chi connectivity index (χ4n) is 3.91. The van der Waals surface area contributed by atoms with Gasteiger partial charge < -0.3 is 29.3 Å². The van der Waals surface area contributed by atoms with Crippen molar-refractivity contribution in [2.75, 3.05) is 76.1 Å². The van der Waals surface area contributed by atoms with Gasteiger partial charge in [0.15, 0.2) is 5.13 Å². The molecule has 0 unspecified atom stereocenters. The third-order valence-corrected chi connectivity index (χ3v) is 6.81. The van der Waals surface area contributed by atoms with Gasteiger partial charge in [0.2, 0.25) is 0 Å². The summed E-state index contributed by atoms with van der Waals surface area (Å²) in [6.07, 6.45) is 0. The number of nitrogens with zero attached hydrogens (tertiary/aromatic N) is 3. The summed E-state index contributed by atoms with van der Waals surface area (Å²) < 4.78 is 18.0. The standard InChI is InChI=1S/C17H23N3O3S.C8H9NO/c1-2-23-14-4-3-13(19-5-9-21-10-6-19)16-15(14)18-17(24-16)20-7-11-22-12-8-20;1-9-8(10)7-5-3-2-4-6-7/h3-4H,2,5-12H2,1H3;2-6H,1H3,(H,9,10). The molecule has 0 aliphatic carbocycles. The summed E-state index contributed by atoms with van der Waals surface area (Å²) >= 11 is 1.76. The summed E-state index contributed by atoms with van der Waals surface area (Å²) in [5.41, 5.74) is 2.92.